The van der Waals surface area contributed by atoms with Crippen LogP contribution < -0.4 is 11.1 Å². The molecule has 1 aromatic carbocycles. The van der Waals surface area contributed by atoms with E-state index in [1.165, 1.54) is 0 Å². The fraction of sp³-hybridized carbons (Fsp3) is 0.0909. The van der Waals surface area contributed by atoms with E-state index in [-0.39, 0.29) is 5.11 Å². The molecule has 0 spiro atoms. The van der Waals surface area contributed by atoms with Gasteiger partial charge >= 0.3 is 0 Å². The minimum Gasteiger partial charge on any atom is -0.376 e. The standard InChI is InChI=1S/C11H11N3S2/c1-7-13-10(6-16-7)8-3-2-4-9(5-8)14-11(12)15/h2-6H,1H3,(H3,12,14,15). The summed E-state index contributed by atoms with van der Waals surface area (Å²) in [4.78, 5) is 4.43. The molecule has 82 valence electrons. The lowest BCUT2D eigenvalue weighted by Gasteiger charge is -2.04. The Morgan fingerprint density at radius 1 is 1.50 bits per heavy atom. The van der Waals surface area contributed by atoms with Crippen LogP contribution in [0, 0.1) is 6.92 Å². The van der Waals surface area contributed by atoms with Gasteiger partial charge in [0, 0.05) is 16.6 Å². The molecule has 16 heavy (non-hydrogen) atoms. The number of rotatable bonds is 2. The van der Waals surface area contributed by atoms with Gasteiger partial charge in [-0.3, -0.25) is 0 Å². The Labute approximate surface area is 103 Å². The van der Waals surface area contributed by atoms with Crippen LogP contribution in [0.5, 0.6) is 0 Å². The minimum atomic E-state index is 0.270. The van der Waals surface area contributed by atoms with E-state index in [4.69, 9.17) is 18.0 Å². The molecule has 5 heteroatoms. The van der Waals surface area contributed by atoms with E-state index in [1.807, 2.05) is 36.6 Å². The van der Waals surface area contributed by atoms with Crippen molar-refractivity contribution in [2.45, 2.75) is 6.92 Å². The lowest BCUT2D eigenvalue weighted by atomic mass is 10.1. The number of anilines is 1. The average Bonchev–Trinajstić information content (AvgIpc) is 2.64. The summed E-state index contributed by atoms with van der Waals surface area (Å²) in [6.45, 7) is 1.99. The lowest BCUT2D eigenvalue weighted by molar-refractivity contribution is 1.30. The van der Waals surface area contributed by atoms with Gasteiger partial charge in [0.15, 0.2) is 5.11 Å². The summed E-state index contributed by atoms with van der Waals surface area (Å²) in [5.41, 5.74) is 8.35. The number of aromatic nitrogens is 1. The van der Waals surface area contributed by atoms with Gasteiger partial charge in [-0.15, -0.1) is 11.3 Å². The van der Waals surface area contributed by atoms with Crippen LogP contribution in [-0.2, 0) is 0 Å². The molecule has 2 rings (SSSR count). The molecule has 0 radical (unpaired) electrons. The largest absolute Gasteiger partial charge is 0.376 e. The van der Waals surface area contributed by atoms with Crippen molar-refractivity contribution >= 4 is 34.4 Å². The number of nitrogens with one attached hydrogen (secondary N) is 1. The van der Waals surface area contributed by atoms with Gasteiger partial charge in [-0.25, -0.2) is 4.98 Å². The zero-order valence-corrected chi connectivity index (χ0v) is 10.4. The van der Waals surface area contributed by atoms with E-state index in [2.05, 4.69) is 10.3 Å². The first-order valence-electron chi connectivity index (χ1n) is 4.74. The Balaban J connectivity index is 2.32. The van der Waals surface area contributed by atoms with Crippen molar-refractivity contribution in [1.29, 1.82) is 0 Å². The Morgan fingerprint density at radius 2 is 2.31 bits per heavy atom. The molecule has 0 saturated heterocycles. The van der Waals surface area contributed by atoms with Crippen LogP contribution in [0.2, 0.25) is 0 Å². The molecule has 0 amide bonds. The van der Waals surface area contributed by atoms with Gasteiger partial charge < -0.3 is 11.1 Å². The smallest absolute Gasteiger partial charge is 0.168 e. The number of thiocarbonyl (C=S) groups is 1. The van der Waals surface area contributed by atoms with E-state index in [9.17, 15) is 0 Å². The summed E-state index contributed by atoms with van der Waals surface area (Å²) in [5, 5.41) is 6.27. The van der Waals surface area contributed by atoms with Gasteiger partial charge in [-0.1, -0.05) is 12.1 Å². The number of nitrogens with zero attached hydrogens (tertiary/aromatic N) is 1. The van der Waals surface area contributed by atoms with Crippen molar-refractivity contribution in [2.75, 3.05) is 5.32 Å². The van der Waals surface area contributed by atoms with Crippen molar-refractivity contribution in [2.24, 2.45) is 5.73 Å². The molecular formula is C11H11N3S2. The highest BCUT2D eigenvalue weighted by molar-refractivity contribution is 7.80. The number of aryl methyl sites for hydroxylation is 1. The Morgan fingerprint density at radius 3 is 2.94 bits per heavy atom. The van der Waals surface area contributed by atoms with Crippen molar-refractivity contribution in [3.8, 4) is 11.3 Å². The Kier molecular flexibility index (Phi) is 3.17. The molecule has 0 unspecified atom stereocenters. The third kappa shape index (κ3) is 2.56. The average molecular weight is 249 g/mol. The van der Waals surface area contributed by atoms with Crippen LogP contribution in [-0.4, -0.2) is 10.1 Å². The van der Waals surface area contributed by atoms with Crippen LogP contribution in [0.3, 0.4) is 0 Å². The molecule has 0 bridgehead atoms. The van der Waals surface area contributed by atoms with Gasteiger partial charge in [0.1, 0.15) is 0 Å². The molecular weight excluding hydrogens is 238 g/mol. The summed E-state index contributed by atoms with van der Waals surface area (Å²) < 4.78 is 0. The van der Waals surface area contributed by atoms with Gasteiger partial charge in [0.25, 0.3) is 0 Å². The number of hydrogen-bond acceptors (Lipinski definition) is 3. The van der Waals surface area contributed by atoms with Crippen LogP contribution in [0.25, 0.3) is 11.3 Å². The van der Waals surface area contributed by atoms with Gasteiger partial charge in [-0.2, -0.15) is 0 Å². The van der Waals surface area contributed by atoms with Gasteiger partial charge in [-0.05, 0) is 31.3 Å². The van der Waals surface area contributed by atoms with Crippen LogP contribution in [0.1, 0.15) is 5.01 Å². The van der Waals surface area contributed by atoms with E-state index in [0.717, 1.165) is 22.0 Å². The Bertz CT molecular complexity index is 519. The maximum Gasteiger partial charge on any atom is 0.168 e. The van der Waals surface area contributed by atoms with Gasteiger partial charge in [0.05, 0.1) is 10.7 Å². The summed E-state index contributed by atoms with van der Waals surface area (Å²) in [6.07, 6.45) is 0. The first-order chi connectivity index (χ1) is 7.65. The maximum absolute atomic E-state index is 5.42. The zero-order valence-electron chi connectivity index (χ0n) is 8.73. The molecule has 0 fully saturated rings. The third-order valence-electron chi connectivity index (χ3n) is 2.04. The fourth-order valence-corrected chi connectivity index (χ4v) is 2.13. The Hall–Kier alpha value is -1.46. The molecule has 0 aliphatic carbocycles. The third-order valence-corrected chi connectivity index (χ3v) is 2.92. The number of thiazole rings is 1. The zero-order chi connectivity index (χ0) is 11.5. The van der Waals surface area contributed by atoms with E-state index >= 15 is 0 Å². The van der Waals surface area contributed by atoms with Crippen LogP contribution in [0.4, 0.5) is 5.69 Å². The molecule has 3 nitrogen and oxygen atoms in total. The second-order valence-electron chi connectivity index (χ2n) is 3.32. The predicted octanol–water partition coefficient (Wildman–Crippen LogP) is 2.77. The molecule has 0 aliphatic rings. The second-order valence-corrected chi connectivity index (χ2v) is 4.82. The van der Waals surface area contributed by atoms with Crippen molar-refractivity contribution in [1.82, 2.24) is 4.98 Å². The SMILES string of the molecule is Cc1nc(-c2cccc(NC(N)=S)c2)cs1. The van der Waals surface area contributed by atoms with Crippen LogP contribution >= 0.6 is 23.6 Å². The monoisotopic (exact) mass is 249 g/mol. The summed E-state index contributed by atoms with van der Waals surface area (Å²) in [6, 6.07) is 7.86. The van der Waals surface area contributed by atoms with E-state index < -0.39 is 0 Å². The molecule has 1 aromatic heterocycles. The van der Waals surface area contributed by atoms with Crippen LogP contribution in [0.15, 0.2) is 29.6 Å². The lowest BCUT2D eigenvalue weighted by Crippen LogP contribution is -2.18. The highest BCUT2D eigenvalue weighted by Crippen LogP contribution is 2.23. The minimum absolute atomic E-state index is 0.270. The number of nitrogens with two attached hydrogens (primary N) is 1. The van der Waals surface area contributed by atoms with E-state index in [0.29, 0.717) is 0 Å². The van der Waals surface area contributed by atoms with Crippen molar-refractivity contribution in [3.63, 3.8) is 0 Å². The first-order valence-corrected chi connectivity index (χ1v) is 6.03. The number of benzene rings is 1. The maximum atomic E-state index is 5.42. The number of hydrogen-bond donors (Lipinski definition) is 2. The highest BCUT2D eigenvalue weighted by atomic mass is 32.1. The fourth-order valence-electron chi connectivity index (χ4n) is 1.39. The molecule has 2 aromatic rings. The molecule has 3 N–H and O–H groups in total. The topological polar surface area (TPSA) is 50.9 Å². The first kappa shape index (κ1) is 11.0. The van der Waals surface area contributed by atoms with E-state index in [1.54, 1.807) is 11.3 Å². The quantitative estimate of drug-likeness (QED) is 0.804. The molecule has 1 heterocycles. The molecule has 0 atom stereocenters. The molecule has 0 saturated carbocycles. The predicted molar refractivity (Wildman–Crippen MR) is 72.7 cm³/mol. The van der Waals surface area contributed by atoms with Crippen molar-refractivity contribution < 1.29 is 0 Å². The summed E-state index contributed by atoms with van der Waals surface area (Å²) in [7, 11) is 0. The summed E-state index contributed by atoms with van der Waals surface area (Å²) >= 11 is 6.43. The normalized spacial score (nSPS) is 10.1. The highest BCUT2D eigenvalue weighted by Gasteiger charge is 2.02. The second kappa shape index (κ2) is 4.59. The summed E-state index contributed by atoms with van der Waals surface area (Å²) in [5.74, 6) is 0. The van der Waals surface area contributed by atoms with Crippen molar-refractivity contribution in [3.05, 3.63) is 34.7 Å². The molecule has 0 aliphatic heterocycles. The van der Waals surface area contributed by atoms with Gasteiger partial charge in [0.2, 0.25) is 0 Å².